The van der Waals surface area contributed by atoms with Crippen LogP contribution in [-0.2, 0) is 0 Å². The molecule has 8 aromatic rings. The smallest absolute Gasteiger partial charge is 0.160 e. The Morgan fingerprint density at radius 3 is 2.12 bits per heavy atom. The van der Waals surface area contributed by atoms with E-state index in [2.05, 4.69) is 79.4 Å². The minimum atomic E-state index is 0.685. The third kappa shape index (κ3) is 3.75. The first-order valence-electron chi connectivity index (χ1n) is 13.7. The number of nitrogens with zero attached hydrogens (tertiary/aromatic N) is 2. The number of fused-ring (bicyclic) bond motifs is 4. The molecule has 2 heterocycles. The molecule has 0 aliphatic carbocycles. The van der Waals surface area contributed by atoms with Crippen molar-refractivity contribution in [1.82, 2.24) is 9.97 Å². The van der Waals surface area contributed by atoms with Gasteiger partial charge in [0.15, 0.2) is 5.82 Å². The topological polar surface area (TPSA) is 38.9 Å². The van der Waals surface area contributed by atoms with E-state index >= 15 is 0 Å². The lowest BCUT2D eigenvalue weighted by Gasteiger charge is -2.12. The Bertz CT molecular complexity index is 2320. The Kier molecular flexibility index (Phi) is 5.29. The zero-order valence-electron chi connectivity index (χ0n) is 22.2. The van der Waals surface area contributed by atoms with Crippen LogP contribution in [0.2, 0.25) is 0 Å². The average molecular weight is 525 g/mol. The molecule has 0 radical (unpaired) electrons. The molecule has 6 aromatic carbocycles. The molecule has 0 aliphatic rings. The number of rotatable bonds is 5. The number of benzene rings is 6. The molecule has 0 unspecified atom stereocenters. The highest BCUT2D eigenvalue weighted by molar-refractivity contribution is 6.33. The fourth-order valence-corrected chi connectivity index (χ4v) is 5.95. The molecule has 8 rings (SSSR count). The van der Waals surface area contributed by atoms with Crippen molar-refractivity contribution in [3.63, 3.8) is 0 Å². The number of hydrogen-bond donors (Lipinski definition) is 0. The molecule has 0 fully saturated rings. The molecular weight excluding hydrogens is 500 g/mol. The van der Waals surface area contributed by atoms with Gasteiger partial charge in [-0.05, 0) is 51.4 Å². The van der Waals surface area contributed by atoms with Crippen molar-refractivity contribution < 1.29 is 4.42 Å². The van der Waals surface area contributed by atoms with Crippen molar-refractivity contribution >= 4 is 66.0 Å². The quantitative estimate of drug-likeness (QED) is 0.166. The molecule has 41 heavy (non-hydrogen) atoms. The number of aromatic nitrogens is 2. The summed E-state index contributed by atoms with van der Waals surface area (Å²) in [5.41, 5.74) is 6.64. The van der Waals surface area contributed by atoms with Crippen molar-refractivity contribution in [1.29, 1.82) is 0 Å². The fourth-order valence-electron chi connectivity index (χ4n) is 5.95. The number of allylic oxidation sites excluding steroid dienone is 4. The summed E-state index contributed by atoms with van der Waals surface area (Å²) in [7, 11) is 0. The highest BCUT2D eigenvalue weighted by Gasteiger charge is 2.18. The van der Waals surface area contributed by atoms with Gasteiger partial charge in [-0.15, -0.1) is 0 Å². The van der Waals surface area contributed by atoms with Crippen LogP contribution < -0.4 is 0 Å². The van der Waals surface area contributed by atoms with Crippen LogP contribution in [0.25, 0.3) is 77.4 Å². The first kappa shape index (κ1) is 23.4. The number of furan rings is 1. The summed E-state index contributed by atoms with van der Waals surface area (Å²) >= 11 is 0. The summed E-state index contributed by atoms with van der Waals surface area (Å²) < 4.78 is 6.22. The molecule has 192 valence electrons. The van der Waals surface area contributed by atoms with Gasteiger partial charge < -0.3 is 4.42 Å². The van der Waals surface area contributed by atoms with E-state index in [0.29, 0.717) is 5.82 Å². The van der Waals surface area contributed by atoms with Gasteiger partial charge in [0, 0.05) is 27.3 Å². The predicted molar refractivity (Wildman–Crippen MR) is 172 cm³/mol. The zero-order valence-corrected chi connectivity index (χ0v) is 22.2. The molecule has 2 aromatic heterocycles. The molecule has 0 atom stereocenters. The van der Waals surface area contributed by atoms with Gasteiger partial charge in [-0.2, -0.15) is 0 Å². The monoisotopic (exact) mass is 524 g/mol. The second kappa shape index (κ2) is 9.29. The number of hydrogen-bond acceptors (Lipinski definition) is 3. The van der Waals surface area contributed by atoms with E-state index in [4.69, 9.17) is 14.4 Å². The van der Waals surface area contributed by atoms with Gasteiger partial charge in [-0.1, -0.05) is 116 Å². The van der Waals surface area contributed by atoms with Crippen LogP contribution in [-0.4, -0.2) is 9.97 Å². The van der Waals surface area contributed by atoms with E-state index in [-0.39, 0.29) is 0 Å². The first-order chi connectivity index (χ1) is 20.3. The second-order valence-electron chi connectivity index (χ2n) is 10.2. The van der Waals surface area contributed by atoms with Crippen LogP contribution in [0.3, 0.4) is 0 Å². The molecule has 0 saturated heterocycles. The molecule has 0 N–H and O–H groups in total. The molecule has 3 heteroatoms. The molecule has 0 amide bonds. The highest BCUT2D eigenvalue weighted by Crippen LogP contribution is 2.43. The second-order valence-corrected chi connectivity index (χ2v) is 10.2. The summed E-state index contributed by atoms with van der Waals surface area (Å²) in [4.78, 5) is 10.1. The van der Waals surface area contributed by atoms with Gasteiger partial charge >= 0.3 is 0 Å². The lowest BCUT2D eigenvalue weighted by molar-refractivity contribution is 0.669. The Hall–Kier alpha value is -5.54. The van der Waals surface area contributed by atoms with E-state index in [9.17, 15) is 0 Å². The van der Waals surface area contributed by atoms with E-state index < -0.39 is 0 Å². The van der Waals surface area contributed by atoms with Crippen LogP contribution in [0.15, 0.2) is 138 Å². The lowest BCUT2D eigenvalue weighted by Crippen LogP contribution is -1.97. The summed E-state index contributed by atoms with van der Waals surface area (Å²) in [6.45, 7) is 4.12. The SMILES string of the molecule is C=C/C(=C\C=C\c1ccccc1)c1nc(-c2ccc3c(c2)c2cccc4oc5cccc3c5c42)nc2ccccc12. The first-order valence-corrected chi connectivity index (χ1v) is 13.7. The van der Waals surface area contributed by atoms with Crippen LogP contribution in [0, 0.1) is 0 Å². The minimum absolute atomic E-state index is 0.685. The number of para-hydroxylation sites is 1. The molecule has 0 saturated carbocycles. The molecular formula is C38H24N2O. The maximum Gasteiger partial charge on any atom is 0.160 e. The van der Waals surface area contributed by atoms with E-state index in [1.165, 1.54) is 26.9 Å². The van der Waals surface area contributed by atoms with E-state index in [1.54, 1.807) is 0 Å². The minimum Gasteiger partial charge on any atom is -0.456 e. The van der Waals surface area contributed by atoms with Crippen molar-refractivity contribution in [2.45, 2.75) is 0 Å². The lowest BCUT2D eigenvalue weighted by atomic mass is 9.93. The van der Waals surface area contributed by atoms with Crippen molar-refractivity contribution in [3.05, 3.63) is 145 Å². The maximum absolute atomic E-state index is 6.22. The summed E-state index contributed by atoms with van der Waals surface area (Å²) in [6, 6.07) is 37.6. The van der Waals surface area contributed by atoms with E-state index in [0.717, 1.165) is 49.8 Å². The normalized spacial score (nSPS) is 12.5. The standard InChI is InChI=1S/C38H24N2O/c1-2-25(14-8-13-24-11-4-3-5-12-24)37-30-15-6-7-18-32(30)39-38(40-37)26-21-22-27-28-16-9-19-33-35(28)36-29(31(27)23-26)17-10-20-34(36)41-33/h2-23H,1H2/b13-8+,25-14+. The third-order valence-corrected chi connectivity index (χ3v) is 7.84. The van der Waals surface area contributed by atoms with Gasteiger partial charge in [0.2, 0.25) is 0 Å². The Morgan fingerprint density at radius 2 is 1.34 bits per heavy atom. The third-order valence-electron chi connectivity index (χ3n) is 7.84. The van der Waals surface area contributed by atoms with Crippen molar-refractivity contribution in [3.8, 4) is 11.4 Å². The van der Waals surface area contributed by atoms with Gasteiger partial charge in [-0.25, -0.2) is 9.97 Å². The summed E-state index contributed by atoms with van der Waals surface area (Å²) in [5.74, 6) is 0.685. The fraction of sp³-hybridized carbons (Fsp3) is 0. The van der Waals surface area contributed by atoms with Crippen LogP contribution in [0.1, 0.15) is 11.3 Å². The summed E-state index contributed by atoms with van der Waals surface area (Å²) in [6.07, 6.45) is 8.06. The van der Waals surface area contributed by atoms with Crippen molar-refractivity contribution in [2.75, 3.05) is 0 Å². The van der Waals surface area contributed by atoms with Gasteiger partial charge in [-0.3, -0.25) is 0 Å². The van der Waals surface area contributed by atoms with E-state index in [1.807, 2.05) is 60.7 Å². The van der Waals surface area contributed by atoms with Gasteiger partial charge in [0.25, 0.3) is 0 Å². The van der Waals surface area contributed by atoms with Crippen LogP contribution in [0.5, 0.6) is 0 Å². The molecule has 0 aliphatic heterocycles. The molecule has 0 bridgehead atoms. The molecule has 0 spiro atoms. The van der Waals surface area contributed by atoms with Crippen molar-refractivity contribution in [2.24, 2.45) is 0 Å². The highest BCUT2D eigenvalue weighted by atomic mass is 16.3. The Labute approximate surface area is 236 Å². The van der Waals surface area contributed by atoms with Crippen LogP contribution in [0.4, 0.5) is 0 Å². The maximum atomic E-state index is 6.22. The Morgan fingerprint density at radius 1 is 0.634 bits per heavy atom. The Balaban J connectivity index is 1.33. The van der Waals surface area contributed by atoms with Gasteiger partial charge in [0.05, 0.1) is 11.2 Å². The van der Waals surface area contributed by atoms with Crippen LogP contribution >= 0.6 is 0 Å². The largest absolute Gasteiger partial charge is 0.456 e. The van der Waals surface area contributed by atoms with Gasteiger partial charge in [0.1, 0.15) is 11.2 Å². The zero-order chi connectivity index (χ0) is 27.3. The molecule has 3 nitrogen and oxygen atoms in total. The predicted octanol–water partition coefficient (Wildman–Crippen LogP) is 10.2. The average Bonchev–Trinajstić information content (AvgIpc) is 3.42. The summed E-state index contributed by atoms with van der Waals surface area (Å²) in [5, 5.41) is 8.08.